The molecule has 0 saturated carbocycles. The molecule has 0 heterocycles. The molecule has 24 nitrogen and oxygen atoms in total. The number of thiol groups is 1. The predicted octanol–water partition coefficient (Wildman–Crippen LogP) is -6.50. The van der Waals surface area contributed by atoms with E-state index in [4.69, 9.17) is 22.9 Å². The summed E-state index contributed by atoms with van der Waals surface area (Å²) in [5.41, 5.74) is 21.9. The fourth-order valence-corrected chi connectivity index (χ4v) is 5.75. The minimum Gasteiger partial charge on any atom is -0.480 e. The minimum atomic E-state index is -1.66. The first-order valence-electron chi connectivity index (χ1n) is 20.2. The molecule has 0 unspecified atom stereocenters. The zero-order valence-electron chi connectivity index (χ0n) is 34.9. The van der Waals surface area contributed by atoms with Crippen molar-refractivity contribution in [2.45, 2.75) is 114 Å². The highest BCUT2D eigenvalue weighted by Crippen LogP contribution is 2.09. The van der Waals surface area contributed by atoms with Crippen molar-refractivity contribution in [1.82, 2.24) is 42.5 Å². The number of hydrogen-bond donors (Lipinski definition) is 16. The van der Waals surface area contributed by atoms with Crippen LogP contribution in [0.15, 0.2) is 0 Å². The Balaban J connectivity index is 5.98. The molecular formula is C36H68N12O12S. The Morgan fingerprint density at radius 1 is 0.492 bits per heavy atom. The van der Waals surface area contributed by atoms with Gasteiger partial charge in [0.2, 0.25) is 47.3 Å². The van der Waals surface area contributed by atoms with Crippen molar-refractivity contribution in [3.63, 3.8) is 0 Å². The summed E-state index contributed by atoms with van der Waals surface area (Å²) in [4.78, 5) is 115. The second-order valence-electron chi connectivity index (χ2n) is 14.4. The lowest BCUT2D eigenvalue weighted by molar-refractivity contribution is -0.142. The molecule has 0 aromatic carbocycles. The van der Waals surface area contributed by atoms with E-state index in [2.05, 4.69) is 55.2 Å². The summed E-state index contributed by atoms with van der Waals surface area (Å²) < 4.78 is 0. The standard InChI is InChI=1S/C36H68N12O12S/c1-20(2)29(48-33(56)25(18-50)46-34(57)26(19-61)42-28(52)16-41-27(51)15-40)35(58)47-24(17-49)32(55)44-21(9-3-6-12-37)30(53)43-22(10-4-7-13-38)31(54)45-23(36(59)60)11-5-8-14-39/h20-26,29,49-50,61H,3-19,37-40H2,1-2H3,(H,41,51)(H,42,52)(H,43,53)(H,44,55)(H,45,54)(H,46,57)(H,47,58)(H,48,56)(H,59,60)/t21-,22-,23-,24-,25-,26-,29-/m0/s1. The molecule has 0 aromatic rings. The Kier molecular flexibility index (Phi) is 29.7. The summed E-state index contributed by atoms with van der Waals surface area (Å²) in [6.45, 7) is 1.20. The number of amides is 8. The number of nitrogens with two attached hydrogens (primary N) is 4. The number of hydrogen-bond acceptors (Lipinski definition) is 16. The number of rotatable bonds is 33. The molecule has 61 heavy (non-hydrogen) atoms. The molecule has 0 fully saturated rings. The number of unbranched alkanes of at least 4 members (excludes halogenated alkanes) is 3. The number of aliphatic carboxylic acids is 1. The van der Waals surface area contributed by atoms with Crippen LogP contribution in [0, 0.1) is 5.92 Å². The maximum absolute atomic E-state index is 13.7. The smallest absolute Gasteiger partial charge is 0.326 e. The van der Waals surface area contributed by atoms with Gasteiger partial charge < -0.3 is 80.8 Å². The minimum absolute atomic E-state index is 0.0242. The van der Waals surface area contributed by atoms with Gasteiger partial charge in [0.25, 0.3) is 0 Å². The van der Waals surface area contributed by atoms with Gasteiger partial charge in [-0.1, -0.05) is 13.8 Å². The lowest BCUT2D eigenvalue weighted by Gasteiger charge is -2.28. The molecule has 0 aliphatic rings. The van der Waals surface area contributed by atoms with E-state index in [-0.39, 0.29) is 38.1 Å². The van der Waals surface area contributed by atoms with Gasteiger partial charge >= 0.3 is 5.97 Å². The van der Waals surface area contributed by atoms with Gasteiger partial charge in [0.15, 0.2) is 0 Å². The van der Waals surface area contributed by atoms with E-state index < -0.39 is 121 Å². The predicted molar refractivity (Wildman–Crippen MR) is 225 cm³/mol. The van der Waals surface area contributed by atoms with Gasteiger partial charge in [-0.3, -0.25) is 38.4 Å². The normalized spacial score (nSPS) is 14.5. The summed E-state index contributed by atoms with van der Waals surface area (Å²) in [6.07, 6.45) is 2.87. The van der Waals surface area contributed by atoms with Crippen molar-refractivity contribution in [1.29, 1.82) is 0 Å². The van der Waals surface area contributed by atoms with Gasteiger partial charge in [0.1, 0.15) is 42.3 Å². The summed E-state index contributed by atoms with van der Waals surface area (Å²) >= 11 is 4.03. The molecular weight excluding hydrogens is 825 g/mol. The SMILES string of the molecule is CC(C)[C@H](NC(=O)[C@H](CO)NC(=O)[C@H](CS)NC(=O)CNC(=O)CN)C(=O)N[C@@H](CO)C(=O)N[C@@H](CCCCN)C(=O)N[C@@H](CCCCN)C(=O)N[C@@H](CCCCN)C(=O)O. The zero-order valence-corrected chi connectivity index (χ0v) is 35.8. The van der Waals surface area contributed by atoms with Crippen LogP contribution in [0.1, 0.15) is 71.6 Å². The van der Waals surface area contributed by atoms with E-state index in [1.54, 1.807) is 0 Å². The Labute approximate surface area is 360 Å². The molecule has 0 bridgehead atoms. The first-order chi connectivity index (χ1) is 28.9. The molecule has 0 rings (SSSR count). The van der Waals surface area contributed by atoms with Crippen LogP contribution in [0.4, 0.5) is 0 Å². The Hall–Kier alpha value is -4.66. The summed E-state index contributed by atoms with van der Waals surface area (Å²) in [6, 6.07) is -9.75. The fraction of sp³-hybridized carbons (Fsp3) is 0.750. The highest BCUT2D eigenvalue weighted by atomic mass is 32.1. The Morgan fingerprint density at radius 3 is 1.26 bits per heavy atom. The van der Waals surface area contributed by atoms with Gasteiger partial charge in [0, 0.05) is 5.75 Å². The van der Waals surface area contributed by atoms with Crippen LogP contribution >= 0.6 is 12.6 Å². The number of carbonyl (C=O) groups is 9. The molecule has 25 heteroatoms. The molecule has 7 atom stereocenters. The van der Waals surface area contributed by atoms with Crippen molar-refractivity contribution in [3.8, 4) is 0 Å². The fourth-order valence-electron chi connectivity index (χ4n) is 5.49. The maximum atomic E-state index is 13.7. The molecule has 0 saturated heterocycles. The largest absolute Gasteiger partial charge is 0.480 e. The average Bonchev–Trinajstić information content (AvgIpc) is 3.22. The van der Waals surface area contributed by atoms with E-state index in [0.29, 0.717) is 51.6 Å². The number of nitrogens with one attached hydrogen (secondary N) is 8. The Morgan fingerprint density at radius 2 is 0.869 bits per heavy atom. The van der Waals surface area contributed by atoms with Crippen LogP contribution in [0.25, 0.3) is 0 Å². The third kappa shape index (κ3) is 22.7. The second-order valence-corrected chi connectivity index (χ2v) is 14.7. The third-order valence-electron chi connectivity index (χ3n) is 9.07. The topological polar surface area (TPSA) is 415 Å². The van der Waals surface area contributed by atoms with Crippen LogP contribution in [0.5, 0.6) is 0 Å². The van der Waals surface area contributed by atoms with E-state index in [1.165, 1.54) is 13.8 Å². The van der Waals surface area contributed by atoms with Crippen molar-refractivity contribution < 1.29 is 58.5 Å². The van der Waals surface area contributed by atoms with Gasteiger partial charge in [-0.25, -0.2) is 4.79 Å². The zero-order chi connectivity index (χ0) is 46.5. The first kappa shape index (κ1) is 56.3. The Bertz CT molecular complexity index is 1430. The summed E-state index contributed by atoms with van der Waals surface area (Å²) in [7, 11) is 0. The number of carbonyl (C=O) groups excluding carboxylic acids is 8. The second kappa shape index (κ2) is 32.1. The summed E-state index contributed by atoms with van der Waals surface area (Å²) in [5.74, 6) is -9.05. The van der Waals surface area contributed by atoms with E-state index in [1.807, 2.05) is 0 Å². The molecule has 8 amide bonds. The molecule has 19 N–H and O–H groups in total. The molecule has 0 aliphatic carbocycles. The van der Waals surface area contributed by atoms with Gasteiger partial charge in [-0.2, -0.15) is 12.6 Å². The maximum Gasteiger partial charge on any atom is 0.326 e. The van der Waals surface area contributed by atoms with Crippen LogP contribution in [-0.4, -0.2) is 163 Å². The van der Waals surface area contributed by atoms with Gasteiger partial charge in [0.05, 0.1) is 26.3 Å². The highest BCUT2D eigenvalue weighted by molar-refractivity contribution is 7.80. The number of aliphatic hydroxyl groups is 2. The van der Waals surface area contributed by atoms with Crippen LogP contribution in [0.2, 0.25) is 0 Å². The first-order valence-corrected chi connectivity index (χ1v) is 20.8. The van der Waals surface area contributed by atoms with Crippen LogP contribution < -0.4 is 65.5 Å². The van der Waals surface area contributed by atoms with Crippen molar-refractivity contribution in [2.24, 2.45) is 28.9 Å². The van der Waals surface area contributed by atoms with Gasteiger partial charge in [-0.05, 0) is 83.3 Å². The molecule has 0 aliphatic heterocycles. The average molecular weight is 893 g/mol. The van der Waals surface area contributed by atoms with E-state index >= 15 is 0 Å². The third-order valence-corrected chi connectivity index (χ3v) is 9.43. The van der Waals surface area contributed by atoms with Crippen molar-refractivity contribution in [2.75, 3.05) is 51.7 Å². The van der Waals surface area contributed by atoms with Crippen molar-refractivity contribution >= 4 is 65.9 Å². The lowest BCUT2D eigenvalue weighted by atomic mass is 10.0. The monoisotopic (exact) mass is 892 g/mol. The molecule has 0 spiro atoms. The lowest BCUT2D eigenvalue weighted by Crippen LogP contribution is -2.62. The summed E-state index contributed by atoms with van der Waals surface area (Å²) in [5, 5.41) is 48.8. The van der Waals surface area contributed by atoms with Gasteiger partial charge in [-0.15, -0.1) is 0 Å². The van der Waals surface area contributed by atoms with Crippen LogP contribution in [0.3, 0.4) is 0 Å². The number of carboxylic acids is 1. The quantitative estimate of drug-likeness (QED) is 0.0215. The number of aliphatic hydroxyl groups excluding tert-OH is 2. The number of carboxylic acid groups (broad SMARTS) is 1. The molecule has 0 radical (unpaired) electrons. The van der Waals surface area contributed by atoms with E-state index in [0.717, 1.165) is 0 Å². The highest BCUT2D eigenvalue weighted by Gasteiger charge is 2.34. The van der Waals surface area contributed by atoms with Crippen molar-refractivity contribution in [3.05, 3.63) is 0 Å². The molecule has 0 aromatic heterocycles. The van der Waals surface area contributed by atoms with Crippen LogP contribution in [-0.2, 0) is 43.2 Å². The van der Waals surface area contributed by atoms with E-state index in [9.17, 15) is 58.5 Å². The molecule has 350 valence electrons.